The number of aromatic nitrogens is 4. The molecule has 124 valence electrons. The Hall–Kier alpha value is -3.00. The van der Waals surface area contributed by atoms with Gasteiger partial charge < -0.3 is 9.84 Å². The van der Waals surface area contributed by atoms with Gasteiger partial charge in [0.25, 0.3) is 0 Å². The fourth-order valence-electron chi connectivity index (χ4n) is 2.22. The molecule has 3 rings (SSSR count). The van der Waals surface area contributed by atoms with Crippen molar-refractivity contribution in [1.29, 1.82) is 0 Å². The van der Waals surface area contributed by atoms with Gasteiger partial charge in [0, 0.05) is 24.9 Å². The fourth-order valence-corrected chi connectivity index (χ4v) is 2.22. The molecular formula is C16H18N6O2. The number of carbonyl (C=O) groups excluding carboxylic acids is 1. The maximum atomic E-state index is 12.0. The molecule has 0 aliphatic carbocycles. The lowest BCUT2D eigenvalue weighted by Gasteiger charge is -2.12. The highest BCUT2D eigenvalue weighted by atomic mass is 16.5. The van der Waals surface area contributed by atoms with E-state index in [1.807, 2.05) is 37.4 Å². The first kappa shape index (κ1) is 15.9. The zero-order chi connectivity index (χ0) is 16.9. The van der Waals surface area contributed by atoms with Gasteiger partial charge in [0.2, 0.25) is 17.6 Å². The summed E-state index contributed by atoms with van der Waals surface area (Å²) in [6.45, 7) is 0.578. The highest BCUT2D eigenvalue weighted by Gasteiger charge is 2.13. The minimum atomic E-state index is -0.154. The van der Waals surface area contributed by atoms with Crippen molar-refractivity contribution in [1.82, 2.24) is 24.8 Å². The normalized spacial score (nSPS) is 11.0. The molecule has 0 aliphatic heterocycles. The zero-order valence-corrected chi connectivity index (χ0v) is 13.5. The van der Waals surface area contributed by atoms with E-state index in [0.717, 1.165) is 5.56 Å². The van der Waals surface area contributed by atoms with Crippen molar-refractivity contribution in [3.05, 3.63) is 48.5 Å². The highest BCUT2D eigenvalue weighted by molar-refractivity contribution is 5.91. The fraction of sp³-hybridized carbons (Fsp3) is 0.250. The molecule has 2 aromatic heterocycles. The Morgan fingerprint density at radius 1 is 1.29 bits per heavy atom. The lowest BCUT2D eigenvalue weighted by molar-refractivity contribution is -0.117. The number of likely N-dealkylation sites (N-methyl/N-ethyl adjacent to an activating group) is 1. The molecule has 3 aromatic rings. The van der Waals surface area contributed by atoms with Crippen molar-refractivity contribution >= 4 is 11.7 Å². The summed E-state index contributed by atoms with van der Waals surface area (Å²) in [4.78, 5) is 18.1. The smallest absolute Gasteiger partial charge is 0.241 e. The predicted molar refractivity (Wildman–Crippen MR) is 87.9 cm³/mol. The molecule has 0 spiro atoms. The Morgan fingerprint density at radius 2 is 2.08 bits per heavy atom. The molecule has 1 N–H and O–H groups in total. The number of aryl methyl sites for hydroxylation is 1. The first-order valence-electron chi connectivity index (χ1n) is 7.46. The van der Waals surface area contributed by atoms with Crippen LogP contribution in [0.15, 0.2) is 47.1 Å². The summed E-state index contributed by atoms with van der Waals surface area (Å²) in [7, 11) is 3.60. The van der Waals surface area contributed by atoms with Gasteiger partial charge in [0.05, 0.1) is 13.1 Å². The molecule has 0 aliphatic rings. The summed E-state index contributed by atoms with van der Waals surface area (Å²) < 4.78 is 6.87. The Labute approximate surface area is 139 Å². The average molecular weight is 326 g/mol. The SMILES string of the molecule is CN(CC(=O)Nc1ccn(C)n1)Cc1nc(-c2ccccc2)no1. The van der Waals surface area contributed by atoms with Crippen molar-refractivity contribution in [3.8, 4) is 11.4 Å². The van der Waals surface area contributed by atoms with Crippen LogP contribution in [0.1, 0.15) is 5.89 Å². The first-order valence-corrected chi connectivity index (χ1v) is 7.46. The quantitative estimate of drug-likeness (QED) is 0.739. The van der Waals surface area contributed by atoms with Crippen LogP contribution in [-0.4, -0.2) is 44.3 Å². The zero-order valence-electron chi connectivity index (χ0n) is 13.5. The second-order valence-corrected chi connectivity index (χ2v) is 5.47. The van der Waals surface area contributed by atoms with Gasteiger partial charge in [-0.25, -0.2) is 0 Å². The molecule has 0 saturated heterocycles. The number of hydrogen-bond acceptors (Lipinski definition) is 6. The predicted octanol–water partition coefficient (Wildman–Crippen LogP) is 1.54. The van der Waals surface area contributed by atoms with Gasteiger partial charge in [-0.2, -0.15) is 10.1 Å². The van der Waals surface area contributed by atoms with Gasteiger partial charge in [0.15, 0.2) is 5.82 Å². The second-order valence-electron chi connectivity index (χ2n) is 5.47. The molecule has 0 unspecified atom stereocenters. The Bertz CT molecular complexity index is 811. The molecular weight excluding hydrogens is 308 g/mol. The Morgan fingerprint density at radius 3 is 2.79 bits per heavy atom. The maximum absolute atomic E-state index is 12.0. The number of rotatable bonds is 6. The van der Waals surface area contributed by atoms with Crippen LogP contribution in [0.3, 0.4) is 0 Å². The summed E-state index contributed by atoms with van der Waals surface area (Å²) in [5.74, 6) is 1.37. The van der Waals surface area contributed by atoms with E-state index in [9.17, 15) is 4.79 Å². The van der Waals surface area contributed by atoms with Gasteiger partial charge >= 0.3 is 0 Å². The van der Waals surface area contributed by atoms with E-state index in [0.29, 0.717) is 24.1 Å². The van der Waals surface area contributed by atoms with Gasteiger partial charge in [-0.05, 0) is 7.05 Å². The first-order chi connectivity index (χ1) is 11.6. The van der Waals surface area contributed by atoms with E-state index in [-0.39, 0.29) is 12.5 Å². The number of carbonyl (C=O) groups is 1. The van der Waals surface area contributed by atoms with E-state index in [2.05, 4.69) is 20.6 Å². The van der Waals surface area contributed by atoms with Crippen LogP contribution in [0.4, 0.5) is 5.82 Å². The van der Waals surface area contributed by atoms with Crippen molar-refractivity contribution in [2.75, 3.05) is 18.9 Å². The van der Waals surface area contributed by atoms with E-state index in [1.165, 1.54) is 0 Å². The van der Waals surface area contributed by atoms with Gasteiger partial charge in [-0.1, -0.05) is 35.5 Å². The van der Waals surface area contributed by atoms with Gasteiger partial charge in [-0.3, -0.25) is 14.4 Å². The summed E-state index contributed by atoms with van der Waals surface area (Å²) in [5.41, 5.74) is 0.892. The third-order valence-corrected chi connectivity index (χ3v) is 3.30. The van der Waals surface area contributed by atoms with E-state index >= 15 is 0 Å². The second kappa shape index (κ2) is 7.05. The molecule has 8 nitrogen and oxygen atoms in total. The lowest BCUT2D eigenvalue weighted by atomic mass is 10.2. The molecule has 1 amide bonds. The number of nitrogens with zero attached hydrogens (tertiary/aromatic N) is 5. The summed E-state index contributed by atoms with van der Waals surface area (Å²) in [5, 5.41) is 10.8. The monoisotopic (exact) mass is 326 g/mol. The third-order valence-electron chi connectivity index (χ3n) is 3.30. The van der Waals surface area contributed by atoms with Crippen LogP contribution in [0.5, 0.6) is 0 Å². The average Bonchev–Trinajstić information content (AvgIpc) is 3.17. The molecule has 2 heterocycles. The topological polar surface area (TPSA) is 89.1 Å². The van der Waals surface area contributed by atoms with Crippen molar-refractivity contribution < 1.29 is 9.32 Å². The summed E-state index contributed by atoms with van der Waals surface area (Å²) >= 11 is 0. The molecule has 0 fully saturated rings. The largest absolute Gasteiger partial charge is 0.338 e. The Balaban J connectivity index is 1.54. The van der Waals surface area contributed by atoms with Gasteiger partial charge in [-0.15, -0.1) is 0 Å². The van der Waals surface area contributed by atoms with E-state index in [1.54, 1.807) is 28.9 Å². The molecule has 0 atom stereocenters. The number of hydrogen-bond donors (Lipinski definition) is 1. The van der Waals surface area contributed by atoms with Crippen LogP contribution in [0.2, 0.25) is 0 Å². The number of anilines is 1. The van der Waals surface area contributed by atoms with Crippen LogP contribution < -0.4 is 5.32 Å². The minimum absolute atomic E-state index is 0.154. The number of amides is 1. The Kier molecular flexibility index (Phi) is 4.66. The van der Waals surface area contributed by atoms with Crippen molar-refractivity contribution in [3.63, 3.8) is 0 Å². The summed E-state index contributed by atoms with van der Waals surface area (Å²) in [6.07, 6.45) is 1.77. The van der Waals surface area contributed by atoms with Crippen molar-refractivity contribution in [2.45, 2.75) is 6.54 Å². The van der Waals surface area contributed by atoms with Crippen LogP contribution in [0.25, 0.3) is 11.4 Å². The third kappa shape index (κ3) is 4.05. The van der Waals surface area contributed by atoms with Crippen LogP contribution in [-0.2, 0) is 18.4 Å². The standard InChI is InChI=1S/C16H18N6O2/c1-21(10-14(23)17-13-8-9-22(2)19-13)11-15-18-16(20-24-15)12-6-4-3-5-7-12/h3-9H,10-11H2,1-2H3,(H,17,19,23). The minimum Gasteiger partial charge on any atom is -0.338 e. The molecule has 0 bridgehead atoms. The number of benzene rings is 1. The molecule has 1 aromatic carbocycles. The van der Waals surface area contributed by atoms with Crippen molar-refractivity contribution in [2.24, 2.45) is 7.05 Å². The number of nitrogens with one attached hydrogen (secondary N) is 1. The molecule has 8 heteroatoms. The highest BCUT2D eigenvalue weighted by Crippen LogP contribution is 2.15. The van der Waals surface area contributed by atoms with E-state index in [4.69, 9.17) is 4.52 Å². The van der Waals surface area contributed by atoms with E-state index < -0.39 is 0 Å². The van der Waals surface area contributed by atoms with Crippen LogP contribution in [0, 0.1) is 0 Å². The lowest BCUT2D eigenvalue weighted by Crippen LogP contribution is -2.30. The molecule has 0 saturated carbocycles. The maximum Gasteiger partial charge on any atom is 0.241 e. The molecule has 0 radical (unpaired) electrons. The van der Waals surface area contributed by atoms with Gasteiger partial charge in [0.1, 0.15) is 0 Å². The molecule has 24 heavy (non-hydrogen) atoms. The van der Waals surface area contributed by atoms with Crippen LogP contribution >= 0.6 is 0 Å². The summed E-state index contributed by atoms with van der Waals surface area (Å²) in [6, 6.07) is 11.3.